The fourth-order valence-corrected chi connectivity index (χ4v) is 4.97. The molecule has 0 N–H and O–H groups in total. The molecule has 0 aliphatic rings. The summed E-state index contributed by atoms with van der Waals surface area (Å²) < 4.78 is 176. The molecule has 17 heteroatoms. The Kier molecular flexibility index (Phi) is 7.73. The van der Waals surface area contributed by atoms with Gasteiger partial charge in [-0.15, -0.1) is 23.2 Å². The summed E-state index contributed by atoms with van der Waals surface area (Å²) in [6.45, 7) is 0. The number of alkyl halides is 14. The van der Waals surface area contributed by atoms with E-state index in [4.69, 9.17) is 23.2 Å². The lowest BCUT2D eigenvalue weighted by Crippen LogP contribution is -2.18. The molecule has 0 spiro atoms. The van der Waals surface area contributed by atoms with E-state index < -0.39 is 77.3 Å². The van der Waals surface area contributed by atoms with Crippen LogP contribution < -0.4 is 0 Å². The molecule has 35 heavy (non-hydrogen) atoms. The Bertz CT molecular complexity index is 1050. The molecule has 2 aromatic carbocycles. The Labute approximate surface area is 198 Å². The predicted molar refractivity (Wildman–Crippen MR) is 99.0 cm³/mol. The first-order valence-corrected chi connectivity index (χ1v) is 11.0. The van der Waals surface area contributed by atoms with E-state index in [1.54, 1.807) is 0 Å². The van der Waals surface area contributed by atoms with Crippen LogP contribution in [0.3, 0.4) is 0 Å². The van der Waals surface area contributed by atoms with E-state index >= 15 is 0 Å². The van der Waals surface area contributed by atoms with E-state index in [0.29, 0.717) is 0 Å². The van der Waals surface area contributed by atoms with Crippen molar-refractivity contribution in [3.63, 3.8) is 0 Å². The minimum atomic E-state index is -5.43. The second-order valence-corrected chi connectivity index (χ2v) is 10.4. The molecular weight excluding hydrogens is 579 g/mol. The van der Waals surface area contributed by atoms with Crippen LogP contribution in [0.2, 0.25) is 0 Å². The van der Waals surface area contributed by atoms with Gasteiger partial charge in [-0.3, -0.25) is 0 Å². The summed E-state index contributed by atoms with van der Waals surface area (Å²) in [4.78, 5) is 0. The summed E-state index contributed by atoms with van der Waals surface area (Å²) in [6, 6.07) is -0.966. The molecule has 0 aliphatic heterocycles. The summed E-state index contributed by atoms with van der Waals surface area (Å²) in [5.41, 5.74) is -10.5. The molecule has 0 aliphatic carbocycles. The smallest absolute Gasteiger partial charge is 0.225 e. The first-order chi connectivity index (χ1) is 15.5. The molecule has 196 valence electrons. The third-order valence-corrected chi connectivity index (χ3v) is 8.01. The van der Waals surface area contributed by atoms with Crippen LogP contribution in [0.4, 0.5) is 52.7 Å². The maximum Gasteiger partial charge on any atom is 0.416 e. The highest BCUT2D eigenvalue weighted by Crippen LogP contribution is 2.45. The zero-order valence-corrected chi connectivity index (χ0v) is 18.5. The van der Waals surface area contributed by atoms with Crippen molar-refractivity contribution in [1.29, 1.82) is 0 Å². The molecule has 0 fully saturated rings. The second-order valence-electron chi connectivity index (χ2n) is 6.90. The molecule has 2 aromatic rings. The molecule has 0 radical (unpaired) electrons. The van der Waals surface area contributed by atoms with Gasteiger partial charge in [-0.25, -0.2) is 8.42 Å². The Morgan fingerprint density at radius 2 is 0.686 bits per heavy atom. The van der Waals surface area contributed by atoms with Crippen LogP contribution in [0.25, 0.3) is 0 Å². The Morgan fingerprint density at radius 1 is 0.486 bits per heavy atom. The van der Waals surface area contributed by atoms with Gasteiger partial charge in [-0.1, -0.05) is 0 Å². The van der Waals surface area contributed by atoms with Crippen LogP contribution in [-0.2, 0) is 34.5 Å². The van der Waals surface area contributed by atoms with Crippen LogP contribution in [0.1, 0.15) is 42.8 Å². The van der Waals surface area contributed by atoms with Gasteiger partial charge in [0.05, 0.1) is 22.3 Å². The van der Waals surface area contributed by atoms with Crippen molar-refractivity contribution < 1.29 is 61.1 Å². The first kappa shape index (κ1) is 29.4. The Balaban J connectivity index is 2.67. The van der Waals surface area contributed by atoms with Crippen LogP contribution in [0.15, 0.2) is 36.4 Å². The van der Waals surface area contributed by atoms with Crippen molar-refractivity contribution in [2.75, 3.05) is 0 Å². The van der Waals surface area contributed by atoms with Gasteiger partial charge in [0.25, 0.3) is 0 Å². The molecule has 2 rings (SSSR count). The van der Waals surface area contributed by atoms with Crippen molar-refractivity contribution in [1.82, 2.24) is 0 Å². The minimum Gasteiger partial charge on any atom is -0.225 e. The fourth-order valence-electron chi connectivity index (χ4n) is 2.70. The zero-order valence-electron chi connectivity index (χ0n) is 16.1. The summed E-state index contributed by atoms with van der Waals surface area (Å²) in [5.74, 6) is 0. The maximum absolute atomic E-state index is 13.0. The van der Waals surface area contributed by atoms with Crippen LogP contribution in [0.5, 0.6) is 0 Å². The number of hydrogen-bond acceptors (Lipinski definition) is 2. The number of benzene rings is 2. The summed E-state index contributed by atoms with van der Waals surface area (Å²) in [6.07, 6.45) is -21.6. The molecule has 0 bridgehead atoms. The van der Waals surface area contributed by atoms with Crippen molar-refractivity contribution in [2.24, 2.45) is 0 Å². The van der Waals surface area contributed by atoms with E-state index in [1.165, 1.54) is 0 Å². The van der Waals surface area contributed by atoms with Gasteiger partial charge in [0.1, 0.15) is 0 Å². The molecule has 0 aromatic heterocycles. The third-order valence-electron chi connectivity index (χ3n) is 4.32. The SMILES string of the molecule is O=S(=O)(C(Cl)c1cc(C(F)(F)F)cc(C(F)(F)F)c1)C(Cl)c1cc(C(F)(F)F)cc(C(F)(F)F)c1. The van der Waals surface area contributed by atoms with Gasteiger partial charge < -0.3 is 0 Å². The third kappa shape index (κ3) is 6.67. The standard InChI is InChI=1S/C18H8Cl2F12O2S/c19-13(7-1-9(15(21,22)23)5-10(2-7)16(24,25)26)35(33,34)14(20)8-3-11(17(27,28)29)6-12(4-8)18(30,31)32/h1-6,13-14H. The van der Waals surface area contributed by atoms with Crippen LogP contribution in [0, 0.1) is 0 Å². The van der Waals surface area contributed by atoms with Gasteiger partial charge in [-0.05, 0) is 47.5 Å². The minimum absolute atomic E-state index is 0.0681. The van der Waals surface area contributed by atoms with Crippen molar-refractivity contribution in [2.45, 2.75) is 34.1 Å². The Morgan fingerprint density at radius 3 is 0.857 bits per heavy atom. The monoisotopic (exact) mass is 586 g/mol. The van der Waals surface area contributed by atoms with E-state index in [2.05, 4.69) is 0 Å². The van der Waals surface area contributed by atoms with Gasteiger partial charge in [0.2, 0.25) is 0 Å². The average molecular weight is 587 g/mol. The number of sulfone groups is 1. The van der Waals surface area contributed by atoms with Crippen molar-refractivity contribution >= 4 is 33.0 Å². The van der Waals surface area contributed by atoms with Crippen molar-refractivity contribution in [3.05, 3.63) is 69.8 Å². The van der Waals surface area contributed by atoms with E-state index in [1.807, 2.05) is 0 Å². The highest BCUT2D eigenvalue weighted by Gasteiger charge is 2.42. The van der Waals surface area contributed by atoms with Gasteiger partial charge in [-0.2, -0.15) is 52.7 Å². The second kappa shape index (κ2) is 9.21. The molecule has 2 atom stereocenters. The topological polar surface area (TPSA) is 34.1 Å². The zero-order chi connectivity index (χ0) is 27.4. The molecular formula is C18H8Cl2F12O2S. The van der Waals surface area contributed by atoms with E-state index in [-0.39, 0.29) is 36.4 Å². The van der Waals surface area contributed by atoms with Crippen LogP contribution in [-0.4, -0.2) is 8.42 Å². The highest BCUT2D eigenvalue weighted by molar-refractivity contribution is 7.94. The molecule has 0 saturated heterocycles. The first-order valence-electron chi connectivity index (χ1n) is 8.55. The molecule has 2 nitrogen and oxygen atoms in total. The summed E-state index contributed by atoms with van der Waals surface area (Å²) >= 11 is 11.2. The largest absolute Gasteiger partial charge is 0.416 e. The lowest BCUT2D eigenvalue weighted by Gasteiger charge is -2.21. The maximum atomic E-state index is 13.0. The number of halogens is 14. The molecule has 0 heterocycles. The van der Waals surface area contributed by atoms with Crippen LogP contribution >= 0.6 is 23.2 Å². The quantitative estimate of drug-likeness (QED) is 0.266. The van der Waals surface area contributed by atoms with Gasteiger partial charge in [0, 0.05) is 0 Å². The van der Waals surface area contributed by atoms with E-state index in [0.717, 1.165) is 0 Å². The normalized spacial score (nSPS) is 15.7. The molecule has 2 unspecified atom stereocenters. The Hall–Kier alpha value is -1.87. The highest BCUT2D eigenvalue weighted by atomic mass is 35.5. The predicted octanol–water partition coefficient (Wildman–Crippen LogP) is 8.35. The van der Waals surface area contributed by atoms with Crippen molar-refractivity contribution in [3.8, 4) is 0 Å². The van der Waals surface area contributed by atoms with Gasteiger partial charge >= 0.3 is 24.7 Å². The summed E-state index contributed by atoms with van der Waals surface area (Å²) in [5, 5.41) is 0. The lowest BCUT2D eigenvalue weighted by atomic mass is 10.1. The van der Waals surface area contributed by atoms with Gasteiger partial charge in [0.15, 0.2) is 19.3 Å². The average Bonchev–Trinajstić information content (AvgIpc) is 2.69. The number of hydrogen-bond donors (Lipinski definition) is 0. The molecule has 0 amide bonds. The van der Waals surface area contributed by atoms with E-state index in [9.17, 15) is 61.1 Å². The fraction of sp³-hybridized carbons (Fsp3) is 0.333. The summed E-state index contributed by atoms with van der Waals surface area (Å²) in [7, 11) is -5.43. The molecule has 0 saturated carbocycles. The number of rotatable bonds is 4. The lowest BCUT2D eigenvalue weighted by molar-refractivity contribution is -0.144.